The number of anilines is 1. The average Bonchev–Trinajstić information content (AvgIpc) is 2.69. The van der Waals surface area contributed by atoms with Gasteiger partial charge in [-0.15, -0.1) is 0 Å². The van der Waals surface area contributed by atoms with Crippen LogP contribution in [0.1, 0.15) is 42.1 Å². The van der Waals surface area contributed by atoms with E-state index in [4.69, 9.17) is 0 Å². The van der Waals surface area contributed by atoms with Crippen LogP contribution in [0.4, 0.5) is 5.69 Å². The summed E-state index contributed by atoms with van der Waals surface area (Å²) >= 11 is 3.43. The smallest absolute Gasteiger partial charge is 0.282 e. The van der Waals surface area contributed by atoms with Gasteiger partial charge in [-0.25, -0.2) is 0 Å². The second-order valence-corrected chi connectivity index (χ2v) is 7.73. The maximum atomic E-state index is 12.9. The molecule has 1 saturated heterocycles. The van der Waals surface area contributed by atoms with E-state index in [2.05, 4.69) is 21.2 Å². The van der Waals surface area contributed by atoms with Crippen molar-refractivity contribution in [1.29, 1.82) is 0 Å². The molecule has 4 nitrogen and oxygen atoms in total. The highest BCUT2D eigenvalue weighted by atomic mass is 79.9. The number of benzene rings is 2. The predicted molar refractivity (Wildman–Crippen MR) is 107 cm³/mol. The molecule has 1 atom stereocenters. The number of amides is 1. The van der Waals surface area contributed by atoms with Crippen LogP contribution < -0.4 is 10.2 Å². The predicted octanol–water partition coefficient (Wildman–Crippen LogP) is 3.08. The summed E-state index contributed by atoms with van der Waals surface area (Å²) in [6.45, 7) is 4.03. The van der Waals surface area contributed by atoms with Gasteiger partial charge in [-0.3, -0.25) is 9.59 Å². The first kappa shape index (κ1) is 18.8. The normalized spacial score (nSPS) is 16.1. The molecule has 1 aliphatic rings. The lowest BCUT2D eigenvalue weighted by molar-refractivity contribution is -0.918. The molecule has 26 heavy (non-hydrogen) atoms. The van der Waals surface area contributed by atoms with Crippen molar-refractivity contribution in [2.24, 2.45) is 0 Å². The number of halogens is 1. The molecule has 1 aliphatic heterocycles. The van der Waals surface area contributed by atoms with Gasteiger partial charge in [0.15, 0.2) is 11.8 Å². The van der Waals surface area contributed by atoms with E-state index in [1.165, 1.54) is 24.2 Å². The summed E-state index contributed by atoms with van der Waals surface area (Å²) in [4.78, 5) is 27.0. The number of nitrogens with one attached hydrogen (secondary N) is 2. The molecule has 2 aromatic carbocycles. The molecule has 0 unspecified atom stereocenters. The summed E-state index contributed by atoms with van der Waals surface area (Å²) in [5.74, 6) is -0.133. The van der Waals surface area contributed by atoms with Crippen molar-refractivity contribution >= 4 is 33.3 Å². The molecule has 0 radical (unpaired) electrons. The first-order chi connectivity index (χ1) is 12.6. The van der Waals surface area contributed by atoms with E-state index in [0.29, 0.717) is 16.8 Å². The molecule has 0 spiro atoms. The molecular weight excluding hydrogens is 392 g/mol. The van der Waals surface area contributed by atoms with Gasteiger partial charge in [0.1, 0.15) is 0 Å². The van der Waals surface area contributed by atoms with Gasteiger partial charge in [-0.05, 0) is 44.4 Å². The van der Waals surface area contributed by atoms with Crippen molar-refractivity contribution in [2.75, 3.05) is 18.4 Å². The number of quaternary nitrogens is 1. The molecule has 0 aliphatic carbocycles. The summed E-state index contributed by atoms with van der Waals surface area (Å²) in [6, 6.07) is 14.4. The van der Waals surface area contributed by atoms with Crippen molar-refractivity contribution in [3.05, 3.63) is 64.1 Å². The minimum atomic E-state index is -0.126. The minimum Gasteiger partial charge on any atom is -0.325 e. The SMILES string of the molecule is C[C@@H](C(=O)Nc1ccc(Br)cc1C(=O)c1ccccc1)[NH+]1CCCCC1. The maximum Gasteiger partial charge on any atom is 0.282 e. The van der Waals surface area contributed by atoms with Crippen molar-refractivity contribution in [3.8, 4) is 0 Å². The third-order valence-electron chi connectivity index (χ3n) is 5.02. The van der Waals surface area contributed by atoms with E-state index < -0.39 is 0 Å². The average molecular weight is 416 g/mol. The van der Waals surface area contributed by atoms with Crippen molar-refractivity contribution in [3.63, 3.8) is 0 Å². The largest absolute Gasteiger partial charge is 0.325 e. The van der Waals surface area contributed by atoms with Crippen molar-refractivity contribution in [1.82, 2.24) is 0 Å². The number of carbonyl (C=O) groups is 2. The third-order valence-corrected chi connectivity index (χ3v) is 5.51. The number of hydrogen-bond acceptors (Lipinski definition) is 2. The van der Waals surface area contributed by atoms with Gasteiger partial charge in [0.25, 0.3) is 5.91 Å². The summed E-state index contributed by atoms with van der Waals surface area (Å²) in [6.07, 6.45) is 3.59. The second-order valence-electron chi connectivity index (χ2n) is 6.81. The Balaban J connectivity index is 1.81. The van der Waals surface area contributed by atoms with Gasteiger partial charge in [-0.2, -0.15) is 0 Å². The number of carbonyl (C=O) groups excluding carboxylic acids is 2. The van der Waals surface area contributed by atoms with Crippen LogP contribution in [0.15, 0.2) is 53.0 Å². The highest BCUT2D eigenvalue weighted by Crippen LogP contribution is 2.24. The van der Waals surface area contributed by atoms with E-state index in [1.807, 2.05) is 31.2 Å². The second kappa shape index (κ2) is 8.60. The molecule has 0 bridgehead atoms. The molecular formula is C21H24BrN2O2+. The third kappa shape index (κ3) is 4.40. The fourth-order valence-corrected chi connectivity index (χ4v) is 3.78. The summed E-state index contributed by atoms with van der Waals surface area (Å²) in [5.41, 5.74) is 1.67. The molecule has 3 rings (SSSR count). The summed E-state index contributed by atoms with van der Waals surface area (Å²) < 4.78 is 0.810. The lowest BCUT2D eigenvalue weighted by Crippen LogP contribution is -3.17. The first-order valence-corrected chi connectivity index (χ1v) is 9.90. The first-order valence-electron chi connectivity index (χ1n) is 9.11. The van der Waals surface area contributed by atoms with Gasteiger partial charge >= 0.3 is 0 Å². The lowest BCUT2D eigenvalue weighted by atomic mass is 10.0. The molecule has 1 amide bonds. The zero-order valence-electron chi connectivity index (χ0n) is 14.9. The number of ketones is 1. The number of hydrogen-bond donors (Lipinski definition) is 2. The Morgan fingerprint density at radius 3 is 2.42 bits per heavy atom. The fraction of sp³-hybridized carbons (Fsp3) is 0.333. The standard InChI is InChI=1S/C21H23BrN2O2/c1-15(24-12-6-3-7-13-24)21(26)23-19-11-10-17(22)14-18(19)20(25)16-8-4-2-5-9-16/h2,4-5,8-11,14-15H,3,6-7,12-13H2,1H3,(H,23,26)/p+1/t15-/m0/s1. The van der Waals surface area contributed by atoms with Crippen molar-refractivity contribution < 1.29 is 14.5 Å². The Morgan fingerprint density at radius 1 is 1.04 bits per heavy atom. The van der Waals surface area contributed by atoms with E-state index in [1.54, 1.807) is 24.3 Å². The highest BCUT2D eigenvalue weighted by Gasteiger charge is 2.27. The van der Waals surface area contributed by atoms with E-state index in [-0.39, 0.29) is 17.7 Å². The Labute approximate surface area is 162 Å². The molecule has 0 aromatic heterocycles. The molecule has 2 aromatic rings. The van der Waals surface area contributed by atoms with E-state index in [0.717, 1.165) is 17.6 Å². The van der Waals surface area contributed by atoms with E-state index >= 15 is 0 Å². The molecule has 136 valence electrons. The molecule has 0 saturated carbocycles. The van der Waals surface area contributed by atoms with Crippen LogP contribution in [0.3, 0.4) is 0 Å². The van der Waals surface area contributed by atoms with Crippen LogP contribution >= 0.6 is 15.9 Å². The minimum absolute atomic E-state index is 0.0358. The van der Waals surface area contributed by atoms with Crippen LogP contribution in [0, 0.1) is 0 Å². The summed E-state index contributed by atoms with van der Waals surface area (Å²) in [7, 11) is 0. The van der Waals surface area contributed by atoms with Crippen LogP contribution in [-0.4, -0.2) is 30.8 Å². The van der Waals surface area contributed by atoms with Gasteiger partial charge in [0.2, 0.25) is 0 Å². The summed E-state index contributed by atoms with van der Waals surface area (Å²) in [5, 5.41) is 2.98. The molecule has 1 fully saturated rings. The van der Waals surface area contributed by atoms with Crippen LogP contribution in [0.25, 0.3) is 0 Å². The maximum absolute atomic E-state index is 12.9. The number of piperidine rings is 1. The molecule has 5 heteroatoms. The van der Waals surface area contributed by atoms with Gasteiger partial charge in [0, 0.05) is 15.6 Å². The van der Waals surface area contributed by atoms with Crippen LogP contribution in [0.2, 0.25) is 0 Å². The Hall–Kier alpha value is -1.98. The number of rotatable bonds is 5. The van der Waals surface area contributed by atoms with Gasteiger partial charge in [-0.1, -0.05) is 46.3 Å². The Kier molecular flexibility index (Phi) is 6.22. The van der Waals surface area contributed by atoms with Crippen molar-refractivity contribution in [2.45, 2.75) is 32.2 Å². The van der Waals surface area contributed by atoms with Crippen LogP contribution in [0.5, 0.6) is 0 Å². The lowest BCUT2D eigenvalue weighted by Gasteiger charge is -2.28. The van der Waals surface area contributed by atoms with Gasteiger partial charge in [0.05, 0.1) is 18.8 Å². The molecule has 1 heterocycles. The van der Waals surface area contributed by atoms with E-state index in [9.17, 15) is 9.59 Å². The Morgan fingerprint density at radius 2 is 1.73 bits per heavy atom. The monoisotopic (exact) mass is 415 g/mol. The zero-order chi connectivity index (χ0) is 18.5. The topological polar surface area (TPSA) is 50.6 Å². The number of likely N-dealkylation sites (tertiary alicyclic amines) is 1. The fourth-order valence-electron chi connectivity index (χ4n) is 3.42. The molecule has 2 N–H and O–H groups in total. The highest BCUT2D eigenvalue weighted by molar-refractivity contribution is 9.10. The zero-order valence-corrected chi connectivity index (χ0v) is 16.5. The van der Waals surface area contributed by atoms with Crippen LogP contribution in [-0.2, 0) is 4.79 Å². The Bertz CT molecular complexity index is 786. The van der Waals surface area contributed by atoms with Gasteiger partial charge < -0.3 is 10.2 Å². The quantitative estimate of drug-likeness (QED) is 0.737.